The molecule has 0 radical (unpaired) electrons. The van der Waals surface area contributed by atoms with Gasteiger partial charge in [0, 0.05) is 19.1 Å². The second-order valence-corrected chi connectivity index (χ2v) is 9.48. The fourth-order valence-corrected chi connectivity index (χ4v) is 4.51. The number of fused-ring (bicyclic) bond motifs is 1. The van der Waals surface area contributed by atoms with Crippen LogP contribution in [0.25, 0.3) is 0 Å². The molecule has 3 aromatic carbocycles. The fourth-order valence-electron chi connectivity index (χ4n) is 4.51. The number of amides is 1. The van der Waals surface area contributed by atoms with Crippen LogP contribution in [0.5, 0.6) is 11.5 Å². The number of benzene rings is 3. The molecule has 37 heavy (non-hydrogen) atoms. The summed E-state index contributed by atoms with van der Waals surface area (Å²) in [5.74, 6) is 2.45. The van der Waals surface area contributed by atoms with E-state index in [1.807, 2.05) is 61.5 Å². The van der Waals surface area contributed by atoms with Gasteiger partial charge in [0.15, 0.2) is 17.3 Å². The molecule has 5 rings (SSSR count). The van der Waals surface area contributed by atoms with E-state index in [4.69, 9.17) is 13.9 Å². The van der Waals surface area contributed by atoms with Gasteiger partial charge in [-0.3, -0.25) is 9.69 Å². The second kappa shape index (κ2) is 11.8. The number of carbonyl (C=O) groups excluding carboxylic acids is 1. The standard InChI is InChI=1S/C31H32N2O4/c1-23(12-13-24-8-4-2-5-9-24)32-31(34)29-17-15-27(37-29)21-33(19-25-10-6-3-7-11-25)20-26-14-16-28-30(18-26)36-22-35-28/h2-11,14-18,23H,12-13,19-22H2,1H3,(H,32,34). The highest BCUT2D eigenvalue weighted by Gasteiger charge is 2.18. The van der Waals surface area contributed by atoms with Crippen LogP contribution in [0.2, 0.25) is 0 Å². The smallest absolute Gasteiger partial charge is 0.287 e. The number of furan rings is 1. The van der Waals surface area contributed by atoms with Crippen LogP contribution in [-0.4, -0.2) is 23.6 Å². The first-order chi connectivity index (χ1) is 18.1. The van der Waals surface area contributed by atoms with Gasteiger partial charge in [-0.2, -0.15) is 0 Å². The van der Waals surface area contributed by atoms with Gasteiger partial charge in [-0.15, -0.1) is 0 Å². The Bertz CT molecular complexity index is 1300. The van der Waals surface area contributed by atoms with Crippen molar-refractivity contribution in [2.75, 3.05) is 6.79 Å². The largest absolute Gasteiger partial charge is 0.455 e. The first-order valence-corrected chi connectivity index (χ1v) is 12.7. The molecule has 6 nitrogen and oxygen atoms in total. The lowest BCUT2D eigenvalue weighted by molar-refractivity contribution is 0.0906. The van der Waals surface area contributed by atoms with Crippen LogP contribution < -0.4 is 14.8 Å². The zero-order valence-electron chi connectivity index (χ0n) is 21.1. The Hall–Kier alpha value is -4.03. The maximum atomic E-state index is 12.8. The van der Waals surface area contributed by atoms with Crippen molar-refractivity contribution in [3.05, 3.63) is 119 Å². The van der Waals surface area contributed by atoms with Crippen LogP contribution in [0.1, 0.15) is 46.3 Å². The van der Waals surface area contributed by atoms with E-state index in [1.54, 1.807) is 6.07 Å². The highest BCUT2D eigenvalue weighted by Crippen LogP contribution is 2.33. The molecule has 1 aliphatic heterocycles. The first-order valence-electron chi connectivity index (χ1n) is 12.7. The van der Waals surface area contributed by atoms with Crippen LogP contribution in [0, 0.1) is 0 Å². The second-order valence-electron chi connectivity index (χ2n) is 9.48. The summed E-state index contributed by atoms with van der Waals surface area (Å²) in [5.41, 5.74) is 3.60. The predicted octanol–water partition coefficient (Wildman–Crippen LogP) is 5.96. The maximum absolute atomic E-state index is 12.8. The highest BCUT2D eigenvalue weighted by molar-refractivity contribution is 5.91. The van der Waals surface area contributed by atoms with Crippen molar-refractivity contribution < 1.29 is 18.7 Å². The Morgan fingerprint density at radius 2 is 1.51 bits per heavy atom. The summed E-state index contributed by atoms with van der Waals surface area (Å²) in [6.07, 6.45) is 1.78. The molecule has 4 aromatic rings. The minimum Gasteiger partial charge on any atom is -0.455 e. The molecular weight excluding hydrogens is 464 g/mol. The number of ether oxygens (including phenoxy) is 2. The molecule has 1 amide bonds. The SMILES string of the molecule is CC(CCc1ccccc1)NC(=O)c1ccc(CN(Cc2ccccc2)Cc2ccc3c(c2)OCO3)o1. The van der Waals surface area contributed by atoms with Gasteiger partial charge in [0.25, 0.3) is 5.91 Å². The summed E-state index contributed by atoms with van der Waals surface area (Å²) in [5, 5.41) is 3.06. The minimum atomic E-state index is -0.183. The Morgan fingerprint density at radius 3 is 2.30 bits per heavy atom. The molecular formula is C31H32N2O4. The minimum absolute atomic E-state index is 0.0434. The van der Waals surface area contributed by atoms with Gasteiger partial charge in [-0.1, -0.05) is 66.7 Å². The fraction of sp³-hybridized carbons (Fsp3) is 0.258. The molecule has 190 valence electrons. The maximum Gasteiger partial charge on any atom is 0.287 e. The predicted molar refractivity (Wildman–Crippen MR) is 142 cm³/mol. The summed E-state index contributed by atoms with van der Waals surface area (Å²) in [6.45, 7) is 4.30. The van der Waals surface area contributed by atoms with Crippen molar-refractivity contribution >= 4 is 5.91 Å². The van der Waals surface area contributed by atoms with Crippen molar-refractivity contribution in [2.45, 2.75) is 45.4 Å². The number of nitrogens with one attached hydrogen (secondary N) is 1. The van der Waals surface area contributed by atoms with Crippen molar-refractivity contribution in [3.63, 3.8) is 0 Å². The molecule has 1 atom stereocenters. The van der Waals surface area contributed by atoms with Crippen LogP contribution in [0.3, 0.4) is 0 Å². The van der Waals surface area contributed by atoms with Gasteiger partial charge >= 0.3 is 0 Å². The molecule has 0 saturated carbocycles. The molecule has 0 saturated heterocycles. The molecule has 0 fully saturated rings. The molecule has 0 bridgehead atoms. The van der Waals surface area contributed by atoms with E-state index in [0.717, 1.165) is 42.2 Å². The highest BCUT2D eigenvalue weighted by atomic mass is 16.7. The summed E-state index contributed by atoms with van der Waals surface area (Å²) < 4.78 is 17.0. The third kappa shape index (κ3) is 6.80. The molecule has 1 unspecified atom stereocenters. The third-order valence-corrected chi connectivity index (χ3v) is 6.44. The van der Waals surface area contributed by atoms with Crippen LogP contribution in [0.4, 0.5) is 0 Å². The lowest BCUT2D eigenvalue weighted by atomic mass is 10.1. The quantitative estimate of drug-likeness (QED) is 0.278. The van der Waals surface area contributed by atoms with Gasteiger partial charge in [-0.25, -0.2) is 0 Å². The summed E-state index contributed by atoms with van der Waals surface area (Å²) in [7, 11) is 0. The van der Waals surface area contributed by atoms with E-state index >= 15 is 0 Å². The van der Waals surface area contributed by atoms with E-state index < -0.39 is 0 Å². The van der Waals surface area contributed by atoms with E-state index in [0.29, 0.717) is 18.8 Å². The van der Waals surface area contributed by atoms with E-state index in [1.165, 1.54) is 11.1 Å². The van der Waals surface area contributed by atoms with Crippen LogP contribution in [0.15, 0.2) is 95.4 Å². The lowest BCUT2D eigenvalue weighted by Gasteiger charge is -2.22. The van der Waals surface area contributed by atoms with Crippen molar-refractivity contribution in [1.82, 2.24) is 10.2 Å². The number of hydrogen-bond acceptors (Lipinski definition) is 5. The Kier molecular flexibility index (Phi) is 7.87. The Labute approximate surface area is 217 Å². The molecule has 1 N–H and O–H groups in total. The number of nitrogens with zero attached hydrogens (tertiary/aromatic N) is 1. The van der Waals surface area contributed by atoms with Gasteiger partial charge < -0.3 is 19.2 Å². The third-order valence-electron chi connectivity index (χ3n) is 6.44. The van der Waals surface area contributed by atoms with E-state index in [2.05, 4.69) is 40.5 Å². The lowest BCUT2D eigenvalue weighted by Crippen LogP contribution is -2.32. The average Bonchev–Trinajstić information content (AvgIpc) is 3.58. The molecule has 0 spiro atoms. The summed E-state index contributed by atoms with van der Waals surface area (Å²) in [4.78, 5) is 15.1. The zero-order chi connectivity index (χ0) is 25.5. The molecule has 1 aliphatic rings. The zero-order valence-corrected chi connectivity index (χ0v) is 21.1. The van der Waals surface area contributed by atoms with Gasteiger partial charge in [0.1, 0.15) is 5.76 Å². The topological polar surface area (TPSA) is 63.9 Å². The van der Waals surface area contributed by atoms with E-state index in [9.17, 15) is 4.79 Å². The molecule has 0 aliphatic carbocycles. The van der Waals surface area contributed by atoms with E-state index in [-0.39, 0.29) is 18.7 Å². The summed E-state index contributed by atoms with van der Waals surface area (Å²) in [6, 6.07) is 30.4. The van der Waals surface area contributed by atoms with Gasteiger partial charge in [-0.05, 0) is 60.7 Å². The average molecular weight is 497 g/mol. The Morgan fingerprint density at radius 1 is 0.811 bits per heavy atom. The number of aryl methyl sites for hydroxylation is 1. The molecule has 2 heterocycles. The molecule has 1 aromatic heterocycles. The first kappa shape index (κ1) is 24.7. The van der Waals surface area contributed by atoms with Crippen LogP contribution in [-0.2, 0) is 26.1 Å². The summed E-state index contributed by atoms with van der Waals surface area (Å²) >= 11 is 0. The van der Waals surface area contributed by atoms with Gasteiger partial charge in [0.05, 0.1) is 6.54 Å². The van der Waals surface area contributed by atoms with Crippen LogP contribution >= 0.6 is 0 Å². The Balaban J connectivity index is 1.22. The van der Waals surface area contributed by atoms with Gasteiger partial charge in [0.2, 0.25) is 6.79 Å². The molecule has 6 heteroatoms. The van der Waals surface area contributed by atoms with Crippen molar-refractivity contribution in [3.8, 4) is 11.5 Å². The monoisotopic (exact) mass is 496 g/mol. The van der Waals surface area contributed by atoms with Crippen molar-refractivity contribution in [2.24, 2.45) is 0 Å². The number of carbonyl (C=O) groups is 1. The normalized spacial score (nSPS) is 13.0. The number of rotatable bonds is 11. The number of hydrogen-bond donors (Lipinski definition) is 1. The van der Waals surface area contributed by atoms with Crippen molar-refractivity contribution in [1.29, 1.82) is 0 Å².